The van der Waals surface area contributed by atoms with Crippen molar-refractivity contribution >= 4 is 17.9 Å². The Morgan fingerprint density at radius 3 is 1.30 bits per heavy atom. The van der Waals surface area contributed by atoms with Gasteiger partial charge in [0.05, 0.1) is 32.5 Å². The van der Waals surface area contributed by atoms with Gasteiger partial charge in [0.15, 0.2) is 0 Å². The van der Waals surface area contributed by atoms with E-state index >= 15 is 0 Å². The van der Waals surface area contributed by atoms with Gasteiger partial charge in [-0.3, -0.25) is 14.4 Å². The fourth-order valence-electron chi connectivity index (χ4n) is 3.86. The first kappa shape index (κ1) is 29.7. The Kier molecular flexibility index (Phi) is 10.7. The van der Waals surface area contributed by atoms with Crippen LogP contribution >= 0.6 is 0 Å². The second-order valence-corrected chi connectivity index (χ2v) is 9.85. The van der Waals surface area contributed by atoms with Crippen molar-refractivity contribution in [3.8, 4) is 0 Å². The van der Waals surface area contributed by atoms with E-state index in [0.717, 1.165) is 13.7 Å². The lowest BCUT2D eigenvalue weighted by atomic mass is 10.3. The van der Waals surface area contributed by atoms with Crippen molar-refractivity contribution in [2.75, 3.05) is 39.6 Å². The quantitative estimate of drug-likeness (QED) is 0.110. The van der Waals surface area contributed by atoms with E-state index in [1.807, 2.05) is 0 Å². The molecule has 40 heavy (non-hydrogen) atoms. The molecular weight excluding hydrogens is 534 g/mol. The first-order valence-electron chi connectivity index (χ1n) is 13.6. The van der Waals surface area contributed by atoms with Crippen LogP contribution in [0.15, 0.2) is 14.4 Å². The van der Waals surface area contributed by atoms with Crippen LogP contribution in [0.3, 0.4) is 0 Å². The molecule has 0 spiro atoms. The van der Waals surface area contributed by atoms with Crippen molar-refractivity contribution in [2.24, 2.45) is 0 Å². The van der Waals surface area contributed by atoms with Crippen molar-refractivity contribution in [1.29, 1.82) is 0 Å². The lowest BCUT2D eigenvalue weighted by molar-refractivity contribution is -0.145. The van der Waals surface area contributed by atoms with E-state index in [2.05, 4.69) is 0 Å². The lowest BCUT2D eigenvalue weighted by Crippen LogP contribution is -2.54. The van der Waals surface area contributed by atoms with Crippen molar-refractivity contribution in [3.05, 3.63) is 31.5 Å². The number of aromatic nitrogens is 3. The van der Waals surface area contributed by atoms with Gasteiger partial charge in [0, 0.05) is 45.3 Å². The molecule has 1 aromatic rings. The van der Waals surface area contributed by atoms with E-state index in [-0.39, 0.29) is 96.3 Å². The number of carbonyl (C=O) groups excluding carboxylic acids is 3. The monoisotopic (exact) mass is 569 g/mol. The molecule has 3 aliphatic heterocycles. The number of epoxide rings is 3. The van der Waals surface area contributed by atoms with Crippen LogP contribution in [0, 0.1) is 0 Å². The standard InChI is InChI=1S/C25H35N3O12/c29-20(35-11-7-17-12-36-17)4-1-8-26-23(32)27(9-2-5-21(30)39-15-18-13-37-18)25(34)28(24(26)33)10-3-6-22(31)40-16-19-14-38-19/h17-19H,1-16H2. The van der Waals surface area contributed by atoms with E-state index in [1.54, 1.807) is 0 Å². The SMILES string of the molecule is O=C(CCCn1c(=O)n(CCCC(=O)OCC2CO2)c(=O)n(CCCC(=O)OCC2CO2)c1=O)OCCC1CO1. The van der Waals surface area contributed by atoms with Crippen molar-refractivity contribution < 1.29 is 42.8 Å². The van der Waals surface area contributed by atoms with E-state index < -0.39 is 35.0 Å². The fraction of sp³-hybridized carbons (Fsp3) is 0.760. The van der Waals surface area contributed by atoms with Gasteiger partial charge in [-0.1, -0.05) is 0 Å². The maximum Gasteiger partial charge on any atom is 0.336 e. The summed E-state index contributed by atoms with van der Waals surface area (Å²) in [6.45, 7) is 1.93. The van der Waals surface area contributed by atoms with E-state index in [4.69, 9.17) is 28.4 Å². The average Bonchev–Trinajstić information content (AvgIpc) is 3.77. The normalized spacial score (nSPS) is 20.6. The summed E-state index contributed by atoms with van der Waals surface area (Å²) in [6, 6.07) is 0. The molecule has 4 heterocycles. The molecule has 0 aliphatic carbocycles. The molecule has 3 fully saturated rings. The first-order valence-corrected chi connectivity index (χ1v) is 13.6. The lowest BCUT2D eigenvalue weighted by Gasteiger charge is -2.14. The van der Waals surface area contributed by atoms with E-state index in [0.29, 0.717) is 26.2 Å². The van der Waals surface area contributed by atoms with Gasteiger partial charge in [-0.15, -0.1) is 0 Å². The molecule has 1 aromatic heterocycles. The van der Waals surface area contributed by atoms with E-state index in [9.17, 15) is 28.8 Å². The highest BCUT2D eigenvalue weighted by molar-refractivity contribution is 5.70. The molecule has 4 rings (SSSR count). The molecule has 3 unspecified atom stereocenters. The highest BCUT2D eigenvalue weighted by atomic mass is 16.6. The number of hydrogen-bond acceptors (Lipinski definition) is 12. The van der Waals surface area contributed by atoms with Crippen LogP contribution in [-0.4, -0.2) is 89.6 Å². The highest BCUT2D eigenvalue weighted by Crippen LogP contribution is 2.13. The van der Waals surface area contributed by atoms with Gasteiger partial charge in [0.2, 0.25) is 0 Å². The highest BCUT2D eigenvalue weighted by Gasteiger charge is 2.25. The number of ether oxygens (including phenoxy) is 6. The minimum Gasteiger partial charge on any atom is -0.466 e. The molecule has 3 aliphatic rings. The zero-order valence-corrected chi connectivity index (χ0v) is 22.3. The Morgan fingerprint density at radius 2 is 0.950 bits per heavy atom. The van der Waals surface area contributed by atoms with E-state index in [1.165, 1.54) is 0 Å². The zero-order valence-electron chi connectivity index (χ0n) is 22.3. The number of rotatable bonds is 19. The third-order valence-electron chi connectivity index (χ3n) is 6.44. The second kappa shape index (κ2) is 14.4. The van der Waals surface area contributed by atoms with Crippen LogP contribution in [0.4, 0.5) is 0 Å². The Labute approximate surface area is 228 Å². The predicted molar refractivity (Wildman–Crippen MR) is 134 cm³/mol. The maximum absolute atomic E-state index is 13.1. The molecule has 0 amide bonds. The number of carbonyl (C=O) groups is 3. The second-order valence-electron chi connectivity index (χ2n) is 9.85. The molecule has 3 atom stereocenters. The summed E-state index contributed by atoms with van der Waals surface area (Å²) >= 11 is 0. The largest absolute Gasteiger partial charge is 0.466 e. The molecule has 3 saturated heterocycles. The van der Waals surface area contributed by atoms with Crippen LogP contribution in [0.2, 0.25) is 0 Å². The van der Waals surface area contributed by atoms with Crippen LogP contribution in [0.1, 0.15) is 44.9 Å². The van der Waals surface area contributed by atoms with Gasteiger partial charge >= 0.3 is 35.0 Å². The molecular formula is C25H35N3O12. The molecule has 0 aromatic carbocycles. The third kappa shape index (κ3) is 9.71. The molecule has 0 radical (unpaired) electrons. The molecule has 15 nitrogen and oxygen atoms in total. The van der Waals surface area contributed by atoms with Gasteiger partial charge in [0.25, 0.3) is 0 Å². The minimum atomic E-state index is -0.840. The Bertz CT molecular complexity index is 1150. The summed E-state index contributed by atoms with van der Waals surface area (Å²) in [4.78, 5) is 75.2. The molecule has 15 heteroatoms. The van der Waals surface area contributed by atoms with Gasteiger partial charge in [-0.05, 0) is 19.3 Å². The summed E-state index contributed by atoms with van der Waals surface area (Å²) in [5, 5.41) is 0. The molecule has 0 N–H and O–H groups in total. The van der Waals surface area contributed by atoms with Crippen LogP contribution in [-0.2, 0) is 62.4 Å². The summed E-state index contributed by atoms with van der Waals surface area (Å²) in [5.41, 5.74) is -2.52. The van der Waals surface area contributed by atoms with Gasteiger partial charge in [0.1, 0.15) is 25.4 Å². The van der Waals surface area contributed by atoms with Crippen LogP contribution in [0.5, 0.6) is 0 Å². The Hall–Kier alpha value is -3.30. The van der Waals surface area contributed by atoms with Crippen molar-refractivity contribution in [3.63, 3.8) is 0 Å². The molecule has 0 saturated carbocycles. The molecule has 0 bridgehead atoms. The van der Waals surface area contributed by atoms with Crippen LogP contribution < -0.4 is 17.1 Å². The average molecular weight is 570 g/mol. The van der Waals surface area contributed by atoms with Crippen molar-refractivity contribution in [2.45, 2.75) is 82.9 Å². The van der Waals surface area contributed by atoms with Gasteiger partial charge in [-0.25, -0.2) is 28.1 Å². The minimum absolute atomic E-state index is 0.0242. The Morgan fingerprint density at radius 1 is 0.600 bits per heavy atom. The fourth-order valence-corrected chi connectivity index (χ4v) is 3.86. The summed E-state index contributed by atoms with van der Waals surface area (Å²) in [6.07, 6.45) is 0.893. The van der Waals surface area contributed by atoms with Gasteiger partial charge in [-0.2, -0.15) is 0 Å². The Balaban J connectivity index is 1.36. The third-order valence-corrected chi connectivity index (χ3v) is 6.44. The summed E-state index contributed by atoms with van der Waals surface area (Å²) in [5.74, 6) is -1.44. The summed E-state index contributed by atoms with van der Waals surface area (Å²) < 4.78 is 33.0. The number of nitrogens with zero attached hydrogens (tertiary/aromatic N) is 3. The van der Waals surface area contributed by atoms with Crippen molar-refractivity contribution in [1.82, 2.24) is 13.7 Å². The predicted octanol–water partition coefficient (Wildman–Crippen LogP) is -1.27. The summed E-state index contributed by atoms with van der Waals surface area (Å²) in [7, 11) is 0. The first-order chi connectivity index (χ1) is 19.3. The number of hydrogen-bond donors (Lipinski definition) is 0. The topological polar surface area (TPSA) is 182 Å². The van der Waals surface area contributed by atoms with Gasteiger partial charge < -0.3 is 28.4 Å². The zero-order chi connectivity index (χ0) is 28.5. The van der Waals surface area contributed by atoms with Crippen LogP contribution in [0.25, 0.3) is 0 Å². The number of esters is 3. The molecule has 222 valence electrons. The smallest absolute Gasteiger partial charge is 0.336 e. The maximum atomic E-state index is 13.1.